The van der Waals surface area contributed by atoms with E-state index in [2.05, 4.69) is 28.4 Å². The van der Waals surface area contributed by atoms with E-state index < -0.39 is 0 Å². The molecule has 0 atom stereocenters. The Morgan fingerprint density at radius 1 is 1.56 bits per heavy atom. The lowest BCUT2D eigenvalue weighted by molar-refractivity contribution is 0.245. The van der Waals surface area contributed by atoms with Gasteiger partial charge >= 0.3 is 0 Å². The largest absolute Gasteiger partial charge is 0.360 e. The van der Waals surface area contributed by atoms with Crippen LogP contribution in [0.5, 0.6) is 0 Å². The zero-order chi connectivity index (χ0) is 11.4. The lowest BCUT2D eigenvalue weighted by Crippen LogP contribution is -2.27. The van der Waals surface area contributed by atoms with Gasteiger partial charge in [-0.15, -0.1) is 0 Å². The minimum atomic E-state index is 0.766. The van der Waals surface area contributed by atoms with Gasteiger partial charge in [-0.3, -0.25) is 4.90 Å². The zero-order valence-corrected chi connectivity index (χ0v) is 9.99. The molecule has 0 aliphatic carbocycles. The second kappa shape index (κ2) is 5.27. The number of nitrogens with one attached hydrogen (secondary N) is 1. The van der Waals surface area contributed by atoms with Crippen LogP contribution in [0.1, 0.15) is 24.8 Å². The fourth-order valence-electron chi connectivity index (χ4n) is 1.87. The Hall–Kier alpha value is -1.13. The van der Waals surface area contributed by atoms with E-state index in [9.17, 15) is 0 Å². The van der Waals surface area contributed by atoms with E-state index in [-0.39, 0.29) is 0 Å². The van der Waals surface area contributed by atoms with Gasteiger partial charge in [-0.05, 0) is 20.4 Å². The highest BCUT2D eigenvalue weighted by Crippen LogP contribution is 2.13. The molecule has 4 heteroatoms. The zero-order valence-electron chi connectivity index (χ0n) is 9.99. The Morgan fingerprint density at radius 3 is 3.12 bits per heavy atom. The first kappa shape index (κ1) is 11.4. The molecular weight excluding hydrogens is 202 g/mol. The molecule has 0 saturated heterocycles. The van der Waals surface area contributed by atoms with Crippen LogP contribution in [0.3, 0.4) is 0 Å². The van der Waals surface area contributed by atoms with Gasteiger partial charge in [-0.25, -0.2) is 0 Å². The van der Waals surface area contributed by atoms with Crippen molar-refractivity contribution in [2.45, 2.75) is 26.4 Å². The summed E-state index contributed by atoms with van der Waals surface area (Å²) in [6, 6.07) is 2.03. The van der Waals surface area contributed by atoms with E-state index in [1.807, 2.05) is 13.1 Å². The van der Waals surface area contributed by atoms with Gasteiger partial charge in [0.2, 0.25) is 0 Å². The second-order valence-electron chi connectivity index (χ2n) is 4.35. The molecule has 1 aromatic heterocycles. The molecule has 1 N–H and O–H groups in total. The average molecular weight is 221 g/mol. The van der Waals surface area contributed by atoms with Crippen LogP contribution in [0.25, 0.3) is 0 Å². The molecule has 16 heavy (non-hydrogen) atoms. The Balaban J connectivity index is 1.89. The van der Waals surface area contributed by atoms with Crippen LogP contribution in [-0.2, 0) is 13.1 Å². The van der Waals surface area contributed by atoms with Crippen molar-refractivity contribution in [3.63, 3.8) is 0 Å². The van der Waals surface area contributed by atoms with Crippen molar-refractivity contribution in [2.24, 2.45) is 0 Å². The molecule has 0 aromatic carbocycles. The minimum Gasteiger partial charge on any atom is -0.360 e. The maximum atomic E-state index is 5.29. The number of rotatable bonds is 4. The number of aromatic nitrogens is 1. The molecule has 2 rings (SSSR count). The third-order valence-electron chi connectivity index (χ3n) is 2.87. The summed E-state index contributed by atoms with van der Waals surface area (Å²) in [6.45, 7) is 5.96. The smallest absolute Gasteiger partial charge is 0.151 e. The summed E-state index contributed by atoms with van der Waals surface area (Å²) >= 11 is 0. The molecule has 0 unspecified atom stereocenters. The summed E-state index contributed by atoms with van der Waals surface area (Å²) in [6.07, 6.45) is 3.45. The van der Waals surface area contributed by atoms with Gasteiger partial charge in [0.05, 0.1) is 12.2 Å². The van der Waals surface area contributed by atoms with E-state index in [4.69, 9.17) is 4.52 Å². The van der Waals surface area contributed by atoms with Gasteiger partial charge < -0.3 is 9.84 Å². The van der Waals surface area contributed by atoms with Crippen molar-refractivity contribution >= 4 is 0 Å². The first-order chi connectivity index (χ1) is 7.78. The topological polar surface area (TPSA) is 41.3 Å². The highest BCUT2D eigenvalue weighted by Gasteiger charge is 2.12. The summed E-state index contributed by atoms with van der Waals surface area (Å²) < 4.78 is 5.29. The molecule has 0 spiro atoms. The van der Waals surface area contributed by atoms with Crippen molar-refractivity contribution in [3.8, 4) is 0 Å². The van der Waals surface area contributed by atoms with Crippen LogP contribution in [0.2, 0.25) is 0 Å². The number of hydrogen-bond acceptors (Lipinski definition) is 4. The molecule has 0 fully saturated rings. The Labute approximate surface area is 96.3 Å². The maximum Gasteiger partial charge on any atom is 0.151 e. The van der Waals surface area contributed by atoms with Crippen LogP contribution in [0.15, 0.2) is 22.2 Å². The first-order valence-electron chi connectivity index (χ1n) is 5.75. The summed E-state index contributed by atoms with van der Waals surface area (Å²) in [7, 11) is 1.91. The van der Waals surface area contributed by atoms with Gasteiger partial charge in [0.25, 0.3) is 0 Å². The number of hydrogen-bond donors (Lipinski definition) is 1. The molecule has 0 amide bonds. The van der Waals surface area contributed by atoms with Crippen molar-refractivity contribution in [1.82, 2.24) is 15.4 Å². The Kier molecular flexibility index (Phi) is 3.74. The molecule has 1 aliphatic rings. The van der Waals surface area contributed by atoms with Crippen LogP contribution < -0.4 is 5.32 Å². The third kappa shape index (κ3) is 2.93. The van der Waals surface area contributed by atoms with E-state index in [1.165, 1.54) is 5.57 Å². The Morgan fingerprint density at radius 2 is 2.44 bits per heavy atom. The van der Waals surface area contributed by atoms with Crippen LogP contribution >= 0.6 is 0 Å². The molecule has 0 radical (unpaired) electrons. The van der Waals surface area contributed by atoms with Gasteiger partial charge in [0.15, 0.2) is 5.76 Å². The molecule has 1 aromatic rings. The molecule has 2 heterocycles. The molecular formula is C12H19N3O. The summed E-state index contributed by atoms with van der Waals surface area (Å²) in [5.74, 6) is 0.957. The predicted molar refractivity (Wildman–Crippen MR) is 62.9 cm³/mol. The van der Waals surface area contributed by atoms with Crippen LogP contribution in [0, 0.1) is 0 Å². The van der Waals surface area contributed by atoms with Gasteiger partial charge in [0.1, 0.15) is 0 Å². The fraction of sp³-hybridized carbons (Fsp3) is 0.583. The molecule has 0 saturated carbocycles. The standard InChI is InChI=1S/C12H19N3O/c1-10-3-5-15(6-4-10)9-12-7-11(8-13-2)14-16-12/h3,7,13H,4-6,8-9H2,1-2H3. The second-order valence-corrected chi connectivity index (χ2v) is 4.35. The van der Waals surface area contributed by atoms with Gasteiger partial charge in [-0.1, -0.05) is 16.8 Å². The summed E-state index contributed by atoms with van der Waals surface area (Å²) in [4.78, 5) is 2.37. The molecule has 0 bridgehead atoms. The normalized spacial score (nSPS) is 17.5. The summed E-state index contributed by atoms with van der Waals surface area (Å²) in [5, 5.41) is 7.07. The number of nitrogens with zero attached hydrogens (tertiary/aromatic N) is 2. The lowest BCUT2D eigenvalue weighted by atomic mass is 10.1. The monoisotopic (exact) mass is 221 g/mol. The first-order valence-corrected chi connectivity index (χ1v) is 5.75. The van der Waals surface area contributed by atoms with Gasteiger partial charge in [-0.2, -0.15) is 0 Å². The predicted octanol–water partition coefficient (Wildman–Crippen LogP) is 1.55. The van der Waals surface area contributed by atoms with Crippen molar-refractivity contribution in [3.05, 3.63) is 29.2 Å². The van der Waals surface area contributed by atoms with E-state index >= 15 is 0 Å². The average Bonchev–Trinajstić information content (AvgIpc) is 2.70. The van der Waals surface area contributed by atoms with Crippen molar-refractivity contribution in [2.75, 3.05) is 20.1 Å². The SMILES string of the molecule is CNCc1cc(CN2CC=C(C)CC2)on1. The lowest BCUT2D eigenvalue weighted by Gasteiger charge is -2.23. The fourth-order valence-corrected chi connectivity index (χ4v) is 1.87. The Bertz CT molecular complexity index is 370. The minimum absolute atomic E-state index is 0.766. The highest BCUT2D eigenvalue weighted by molar-refractivity contribution is 5.08. The van der Waals surface area contributed by atoms with Crippen molar-refractivity contribution in [1.29, 1.82) is 0 Å². The highest BCUT2D eigenvalue weighted by atomic mass is 16.5. The maximum absolute atomic E-state index is 5.29. The molecule has 4 nitrogen and oxygen atoms in total. The van der Waals surface area contributed by atoms with Gasteiger partial charge in [0, 0.05) is 25.7 Å². The van der Waals surface area contributed by atoms with E-state index in [0.29, 0.717) is 0 Å². The summed E-state index contributed by atoms with van der Waals surface area (Å²) in [5.41, 5.74) is 2.46. The van der Waals surface area contributed by atoms with Crippen LogP contribution in [-0.4, -0.2) is 30.2 Å². The molecule has 88 valence electrons. The van der Waals surface area contributed by atoms with Crippen LogP contribution in [0.4, 0.5) is 0 Å². The van der Waals surface area contributed by atoms with E-state index in [1.54, 1.807) is 0 Å². The van der Waals surface area contributed by atoms with E-state index in [0.717, 1.165) is 44.1 Å². The van der Waals surface area contributed by atoms with Crippen molar-refractivity contribution < 1.29 is 4.52 Å². The quantitative estimate of drug-likeness (QED) is 0.783. The third-order valence-corrected chi connectivity index (χ3v) is 2.87. The molecule has 1 aliphatic heterocycles.